The average molecular weight is 282 g/mol. The minimum absolute atomic E-state index is 0.148. The van der Waals surface area contributed by atoms with Crippen LogP contribution < -0.4 is 4.74 Å². The number of ketones is 1. The highest BCUT2D eigenvalue weighted by molar-refractivity contribution is 5.83. The third-order valence-corrected chi connectivity index (χ3v) is 3.39. The summed E-state index contributed by atoms with van der Waals surface area (Å²) in [6.07, 6.45) is 1.27. The van der Waals surface area contributed by atoms with Crippen molar-refractivity contribution in [3.8, 4) is 6.01 Å². The number of tetrazole rings is 1. The number of aromatic nitrogens is 4. The van der Waals surface area contributed by atoms with Crippen molar-refractivity contribution >= 4 is 11.8 Å². The highest BCUT2D eigenvalue weighted by Crippen LogP contribution is 2.29. The molecule has 0 spiro atoms. The van der Waals surface area contributed by atoms with E-state index in [-0.39, 0.29) is 36.2 Å². The molecule has 8 heteroatoms. The lowest BCUT2D eigenvalue weighted by atomic mass is 9.79. The summed E-state index contributed by atoms with van der Waals surface area (Å²) in [5.74, 6) is -0.597. The van der Waals surface area contributed by atoms with Gasteiger partial charge in [0, 0.05) is 25.8 Å². The number of hydrogen-bond donors (Lipinski definition) is 0. The molecule has 20 heavy (non-hydrogen) atoms. The number of rotatable bonds is 5. The molecule has 8 nitrogen and oxygen atoms in total. The van der Waals surface area contributed by atoms with E-state index in [1.807, 2.05) is 0 Å². The predicted octanol–water partition coefficient (Wildman–Crippen LogP) is 0.137. The van der Waals surface area contributed by atoms with Gasteiger partial charge in [0.05, 0.1) is 19.1 Å². The quantitative estimate of drug-likeness (QED) is 0.708. The van der Waals surface area contributed by atoms with E-state index in [2.05, 4.69) is 15.5 Å². The maximum Gasteiger partial charge on any atom is 0.335 e. The molecule has 0 saturated heterocycles. The molecular formula is C12H18N4O4. The van der Waals surface area contributed by atoms with Gasteiger partial charge in [0.1, 0.15) is 5.78 Å². The van der Waals surface area contributed by atoms with Gasteiger partial charge in [0.25, 0.3) is 0 Å². The largest absolute Gasteiger partial charge is 0.466 e. The molecule has 2 unspecified atom stereocenters. The zero-order chi connectivity index (χ0) is 14.5. The first-order chi connectivity index (χ1) is 9.61. The van der Waals surface area contributed by atoms with Crippen molar-refractivity contribution in [3.63, 3.8) is 0 Å². The van der Waals surface area contributed by atoms with Gasteiger partial charge in [-0.2, -0.15) is 4.68 Å². The maximum absolute atomic E-state index is 11.9. The lowest BCUT2D eigenvalue weighted by Gasteiger charge is -2.28. The third kappa shape index (κ3) is 3.31. The number of carbonyl (C=O) groups excluding carboxylic acids is 2. The number of ether oxygens (including phenoxy) is 2. The standard InChI is InChI=1S/C12H18N4O4/c1-3-19-11(18)10-5-4-9(17)6-8(10)7-20-12-13-14-15-16(12)2/h8,10H,3-7H2,1-2H3. The summed E-state index contributed by atoms with van der Waals surface area (Å²) in [4.78, 5) is 23.5. The first kappa shape index (κ1) is 14.4. The lowest BCUT2D eigenvalue weighted by Crippen LogP contribution is -2.35. The van der Waals surface area contributed by atoms with Crippen molar-refractivity contribution in [1.29, 1.82) is 0 Å². The SMILES string of the molecule is CCOC(=O)C1CCC(=O)CC1COc1nnnn1C. The molecule has 2 atom stereocenters. The Morgan fingerprint density at radius 1 is 1.50 bits per heavy atom. The molecule has 0 aromatic carbocycles. The third-order valence-electron chi connectivity index (χ3n) is 3.39. The van der Waals surface area contributed by atoms with Crippen molar-refractivity contribution in [2.24, 2.45) is 18.9 Å². The Hall–Kier alpha value is -1.99. The van der Waals surface area contributed by atoms with E-state index in [1.54, 1.807) is 14.0 Å². The molecule has 0 radical (unpaired) electrons. The molecule has 110 valence electrons. The Morgan fingerprint density at radius 3 is 2.95 bits per heavy atom. The molecule has 2 rings (SSSR count). The van der Waals surface area contributed by atoms with Gasteiger partial charge in [0.15, 0.2) is 0 Å². The van der Waals surface area contributed by atoms with Gasteiger partial charge in [-0.25, -0.2) is 0 Å². The van der Waals surface area contributed by atoms with Crippen LogP contribution in [0.15, 0.2) is 0 Å². The van der Waals surface area contributed by atoms with E-state index >= 15 is 0 Å². The highest BCUT2D eigenvalue weighted by Gasteiger charge is 2.36. The fraction of sp³-hybridized carbons (Fsp3) is 0.750. The molecule has 1 aliphatic rings. The molecular weight excluding hydrogens is 264 g/mol. The van der Waals surface area contributed by atoms with E-state index in [0.29, 0.717) is 25.9 Å². The smallest absolute Gasteiger partial charge is 0.335 e. The molecule has 0 amide bonds. The number of Topliss-reactive ketones (excluding diaryl/α,β-unsaturated/α-hetero) is 1. The van der Waals surface area contributed by atoms with E-state index in [9.17, 15) is 9.59 Å². The van der Waals surface area contributed by atoms with E-state index in [0.717, 1.165) is 0 Å². The van der Waals surface area contributed by atoms with Gasteiger partial charge < -0.3 is 9.47 Å². The van der Waals surface area contributed by atoms with Crippen LogP contribution in [0.1, 0.15) is 26.2 Å². The van der Waals surface area contributed by atoms with Crippen LogP contribution in [0.25, 0.3) is 0 Å². The van der Waals surface area contributed by atoms with Crippen molar-refractivity contribution < 1.29 is 19.1 Å². The minimum atomic E-state index is -0.297. The Bertz CT molecular complexity index is 488. The second-order valence-electron chi connectivity index (χ2n) is 4.80. The van der Waals surface area contributed by atoms with Crippen LogP contribution in [-0.4, -0.2) is 45.2 Å². The summed E-state index contributed by atoms with van der Waals surface area (Å²) in [6, 6.07) is 0.269. The first-order valence-electron chi connectivity index (χ1n) is 6.65. The average Bonchev–Trinajstić information content (AvgIpc) is 2.82. The molecule has 0 aliphatic heterocycles. The van der Waals surface area contributed by atoms with E-state index < -0.39 is 0 Å². The summed E-state index contributed by atoms with van der Waals surface area (Å²) in [5.41, 5.74) is 0. The normalized spacial score (nSPS) is 22.6. The van der Waals surface area contributed by atoms with Gasteiger partial charge in [-0.3, -0.25) is 9.59 Å². The Morgan fingerprint density at radius 2 is 2.30 bits per heavy atom. The van der Waals surface area contributed by atoms with E-state index in [1.165, 1.54) is 4.68 Å². The van der Waals surface area contributed by atoms with Crippen LogP contribution in [0.4, 0.5) is 0 Å². The molecule has 1 saturated carbocycles. The zero-order valence-electron chi connectivity index (χ0n) is 11.6. The Balaban J connectivity index is 1.99. The van der Waals surface area contributed by atoms with E-state index in [4.69, 9.17) is 9.47 Å². The number of hydrogen-bond acceptors (Lipinski definition) is 7. The summed E-state index contributed by atoms with van der Waals surface area (Å²) in [6.45, 7) is 2.33. The fourth-order valence-corrected chi connectivity index (χ4v) is 2.35. The first-order valence-corrected chi connectivity index (χ1v) is 6.65. The molecule has 0 N–H and O–H groups in total. The Labute approximate surface area is 116 Å². The summed E-state index contributed by atoms with van der Waals surface area (Å²) in [7, 11) is 1.66. The van der Waals surface area contributed by atoms with Crippen LogP contribution in [-0.2, 0) is 21.4 Å². The molecule has 1 fully saturated rings. The molecule has 1 aromatic heterocycles. The van der Waals surface area contributed by atoms with Gasteiger partial charge in [0.2, 0.25) is 0 Å². The minimum Gasteiger partial charge on any atom is -0.466 e. The summed E-state index contributed by atoms with van der Waals surface area (Å²) < 4.78 is 11.9. The summed E-state index contributed by atoms with van der Waals surface area (Å²) in [5, 5.41) is 10.8. The molecule has 1 aromatic rings. The molecule has 1 heterocycles. The van der Waals surface area contributed by atoms with Crippen LogP contribution >= 0.6 is 0 Å². The number of esters is 1. The number of nitrogens with zero attached hydrogens (tertiary/aromatic N) is 4. The fourth-order valence-electron chi connectivity index (χ4n) is 2.35. The van der Waals surface area contributed by atoms with Gasteiger partial charge in [-0.15, -0.1) is 0 Å². The van der Waals surface area contributed by atoms with Crippen LogP contribution in [0.5, 0.6) is 6.01 Å². The van der Waals surface area contributed by atoms with Crippen LogP contribution in [0, 0.1) is 11.8 Å². The molecule has 0 bridgehead atoms. The Kier molecular flexibility index (Phi) is 4.65. The van der Waals surface area contributed by atoms with Crippen molar-refractivity contribution in [2.75, 3.05) is 13.2 Å². The van der Waals surface area contributed by atoms with Gasteiger partial charge >= 0.3 is 12.0 Å². The zero-order valence-corrected chi connectivity index (χ0v) is 11.6. The number of carbonyl (C=O) groups is 2. The van der Waals surface area contributed by atoms with Gasteiger partial charge in [-0.1, -0.05) is 5.10 Å². The topological polar surface area (TPSA) is 96.2 Å². The summed E-state index contributed by atoms with van der Waals surface area (Å²) >= 11 is 0. The van der Waals surface area contributed by atoms with Gasteiger partial charge in [-0.05, 0) is 23.8 Å². The van der Waals surface area contributed by atoms with Crippen molar-refractivity contribution in [1.82, 2.24) is 20.2 Å². The lowest BCUT2D eigenvalue weighted by molar-refractivity contribution is -0.152. The second kappa shape index (κ2) is 6.44. The second-order valence-corrected chi connectivity index (χ2v) is 4.80. The van der Waals surface area contributed by atoms with Crippen LogP contribution in [0.3, 0.4) is 0 Å². The maximum atomic E-state index is 11.9. The number of aryl methyl sites for hydroxylation is 1. The monoisotopic (exact) mass is 282 g/mol. The molecule has 1 aliphatic carbocycles. The van der Waals surface area contributed by atoms with Crippen molar-refractivity contribution in [3.05, 3.63) is 0 Å². The van der Waals surface area contributed by atoms with Crippen LogP contribution in [0.2, 0.25) is 0 Å². The predicted molar refractivity (Wildman–Crippen MR) is 66.8 cm³/mol. The highest BCUT2D eigenvalue weighted by atomic mass is 16.5. The van der Waals surface area contributed by atoms with Crippen molar-refractivity contribution in [2.45, 2.75) is 26.2 Å².